The molecule has 0 saturated carbocycles. The molecule has 0 radical (unpaired) electrons. The SMILES string of the molecule is COc1ccc(C(=O)NCC(=O)OCC(=O)c2cc(C)n(-c3ccccc3)c2C)cc1. The number of aryl methyl sites for hydroxylation is 1. The second-order valence-electron chi connectivity index (χ2n) is 6.95. The van der Waals surface area contributed by atoms with E-state index in [2.05, 4.69) is 5.32 Å². The quantitative estimate of drug-likeness (QED) is 0.447. The molecule has 0 aliphatic rings. The van der Waals surface area contributed by atoms with Crippen LogP contribution in [0, 0.1) is 13.8 Å². The fourth-order valence-corrected chi connectivity index (χ4v) is 3.29. The highest BCUT2D eigenvalue weighted by Gasteiger charge is 2.18. The van der Waals surface area contributed by atoms with Gasteiger partial charge in [-0.1, -0.05) is 18.2 Å². The second kappa shape index (κ2) is 9.75. The van der Waals surface area contributed by atoms with Crippen molar-refractivity contribution in [2.75, 3.05) is 20.3 Å². The number of esters is 1. The topological polar surface area (TPSA) is 86.6 Å². The lowest BCUT2D eigenvalue weighted by Gasteiger charge is -2.10. The number of Topliss-reactive ketones (excluding diaryl/α,β-unsaturated/α-hetero) is 1. The fraction of sp³-hybridized carbons (Fsp3) is 0.208. The molecule has 0 aliphatic carbocycles. The summed E-state index contributed by atoms with van der Waals surface area (Å²) in [5, 5.41) is 2.48. The Bertz CT molecular complexity index is 1090. The van der Waals surface area contributed by atoms with Crippen LogP contribution in [0.2, 0.25) is 0 Å². The summed E-state index contributed by atoms with van der Waals surface area (Å²) in [6, 6.07) is 18.0. The van der Waals surface area contributed by atoms with E-state index in [1.54, 1.807) is 30.3 Å². The van der Waals surface area contributed by atoms with Gasteiger partial charge < -0.3 is 19.4 Å². The zero-order chi connectivity index (χ0) is 22.4. The van der Waals surface area contributed by atoms with Gasteiger partial charge in [0.1, 0.15) is 12.3 Å². The molecule has 160 valence electrons. The highest BCUT2D eigenvalue weighted by molar-refractivity contribution is 6.00. The van der Waals surface area contributed by atoms with E-state index in [1.165, 1.54) is 7.11 Å². The minimum absolute atomic E-state index is 0.301. The van der Waals surface area contributed by atoms with Crippen molar-refractivity contribution >= 4 is 17.7 Å². The molecule has 3 aromatic rings. The maximum atomic E-state index is 12.6. The number of carbonyl (C=O) groups is 3. The van der Waals surface area contributed by atoms with Crippen LogP contribution in [0.25, 0.3) is 5.69 Å². The van der Waals surface area contributed by atoms with Gasteiger partial charge in [0.05, 0.1) is 7.11 Å². The number of benzene rings is 2. The van der Waals surface area contributed by atoms with Crippen molar-refractivity contribution < 1.29 is 23.9 Å². The van der Waals surface area contributed by atoms with Crippen LogP contribution in [0.4, 0.5) is 0 Å². The average Bonchev–Trinajstić information content (AvgIpc) is 3.10. The lowest BCUT2D eigenvalue weighted by molar-refractivity contribution is -0.141. The number of methoxy groups -OCH3 is 1. The maximum Gasteiger partial charge on any atom is 0.325 e. The molecule has 3 rings (SSSR count). The van der Waals surface area contributed by atoms with E-state index in [0.29, 0.717) is 16.9 Å². The molecular formula is C24H24N2O5. The summed E-state index contributed by atoms with van der Waals surface area (Å²) in [6.45, 7) is 3.04. The van der Waals surface area contributed by atoms with Crippen molar-refractivity contribution in [2.24, 2.45) is 0 Å². The Balaban J connectivity index is 1.54. The first-order chi connectivity index (χ1) is 14.9. The molecule has 1 aromatic heterocycles. The lowest BCUT2D eigenvalue weighted by atomic mass is 10.1. The first-order valence-corrected chi connectivity index (χ1v) is 9.76. The number of ketones is 1. The predicted molar refractivity (Wildman–Crippen MR) is 116 cm³/mol. The van der Waals surface area contributed by atoms with Gasteiger partial charge in [-0.05, 0) is 56.3 Å². The Labute approximate surface area is 180 Å². The first kappa shape index (κ1) is 21.8. The van der Waals surface area contributed by atoms with Crippen LogP contribution < -0.4 is 10.1 Å². The van der Waals surface area contributed by atoms with E-state index >= 15 is 0 Å². The molecule has 0 unspecified atom stereocenters. The molecule has 2 aromatic carbocycles. The van der Waals surface area contributed by atoms with Crippen LogP contribution in [0.15, 0.2) is 60.7 Å². The number of hydrogen-bond acceptors (Lipinski definition) is 5. The maximum absolute atomic E-state index is 12.6. The van der Waals surface area contributed by atoms with Gasteiger partial charge in [-0.3, -0.25) is 14.4 Å². The largest absolute Gasteiger partial charge is 0.497 e. The summed E-state index contributed by atoms with van der Waals surface area (Å²) in [5.74, 6) is -0.782. The van der Waals surface area contributed by atoms with E-state index in [9.17, 15) is 14.4 Å². The zero-order valence-electron chi connectivity index (χ0n) is 17.7. The molecule has 0 bridgehead atoms. The standard InChI is InChI=1S/C24H24N2O5/c1-16-13-21(17(2)26(16)19-7-5-4-6-8-19)22(27)15-31-23(28)14-25-24(29)18-9-11-20(30-3)12-10-18/h4-13H,14-15H2,1-3H3,(H,25,29). The molecule has 1 heterocycles. The summed E-state index contributed by atoms with van der Waals surface area (Å²) >= 11 is 0. The lowest BCUT2D eigenvalue weighted by Crippen LogP contribution is -2.31. The number of carbonyl (C=O) groups excluding carboxylic acids is 3. The van der Waals surface area contributed by atoms with E-state index in [1.807, 2.05) is 48.7 Å². The van der Waals surface area contributed by atoms with Crippen molar-refractivity contribution in [3.8, 4) is 11.4 Å². The van der Waals surface area contributed by atoms with Crippen molar-refractivity contribution in [1.29, 1.82) is 0 Å². The predicted octanol–water partition coefficient (Wildman–Crippen LogP) is 3.26. The minimum atomic E-state index is -0.688. The van der Waals surface area contributed by atoms with E-state index in [4.69, 9.17) is 9.47 Å². The van der Waals surface area contributed by atoms with Gasteiger partial charge in [-0.15, -0.1) is 0 Å². The van der Waals surface area contributed by atoms with Gasteiger partial charge in [-0.2, -0.15) is 0 Å². The summed E-state index contributed by atoms with van der Waals surface area (Å²) in [5.41, 5.74) is 3.52. The number of aromatic nitrogens is 1. The van der Waals surface area contributed by atoms with Gasteiger partial charge in [0.15, 0.2) is 6.61 Å². The van der Waals surface area contributed by atoms with Gasteiger partial charge >= 0.3 is 5.97 Å². The molecule has 1 amide bonds. The van der Waals surface area contributed by atoms with Crippen molar-refractivity contribution in [3.05, 3.63) is 83.2 Å². The molecule has 0 fully saturated rings. The first-order valence-electron chi connectivity index (χ1n) is 9.76. The number of ether oxygens (including phenoxy) is 2. The minimum Gasteiger partial charge on any atom is -0.497 e. The molecule has 7 heteroatoms. The third kappa shape index (κ3) is 5.19. The van der Waals surface area contributed by atoms with E-state index in [-0.39, 0.29) is 12.3 Å². The molecule has 0 aliphatic heterocycles. The highest BCUT2D eigenvalue weighted by Crippen LogP contribution is 2.21. The van der Waals surface area contributed by atoms with Crippen molar-refractivity contribution in [2.45, 2.75) is 13.8 Å². The van der Waals surface area contributed by atoms with Crippen LogP contribution in [-0.4, -0.2) is 42.5 Å². The Morgan fingerprint density at radius 3 is 2.29 bits per heavy atom. The normalized spacial score (nSPS) is 10.4. The summed E-state index contributed by atoms with van der Waals surface area (Å²) < 4.78 is 12.1. The third-order valence-electron chi connectivity index (χ3n) is 4.86. The van der Waals surface area contributed by atoms with Crippen molar-refractivity contribution in [3.63, 3.8) is 0 Å². The fourth-order valence-electron chi connectivity index (χ4n) is 3.29. The van der Waals surface area contributed by atoms with Crippen molar-refractivity contribution in [1.82, 2.24) is 9.88 Å². The summed E-state index contributed by atoms with van der Waals surface area (Å²) in [7, 11) is 1.53. The van der Waals surface area contributed by atoms with Gasteiger partial charge in [0, 0.05) is 28.2 Å². The van der Waals surface area contributed by atoms with E-state index in [0.717, 1.165) is 17.1 Å². The zero-order valence-corrected chi connectivity index (χ0v) is 17.7. The van der Waals surface area contributed by atoms with Crippen LogP contribution in [0.1, 0.15) is 32.1 Å². The van der Waals surface area contributed by atoms with Gasteiger partial charge in [0.25, 0.3) is 5.91 Å². The molecule has 0 atom stereocenters. The smallest absolute Gasteiger partial charge is 0.325 e. The van der Waals surface area contributed by atoms with Crippen LogP contribution in [-0.2, 0) is 9.53 Å². The van der Waals surface area contributed by atoms with Gasteiger partial charge in [0.2, 0.25) is 5.78 Å². The molecule has 0 spiro atoms. The molecule has 0 saturated heterocycles. The molecule has 7 nitrogen and oxygen atoms in total. The van der Waals surface area contributed by atoms with Crippen LogP contribution >= 0.6 is 0 Å². The number of hydrogen-bond donors (Lipinski definition) is 1. The Morgan fingerprint density at radius 2 is 1.65 bits per heavy atom. The Kier molecular flexibility index (Phi) is 6.87. The molecule has 1 N–H and O–H groups in total. The van der Waals surface area contributed by atoms with E-state index < -0.39 is 18.5 Å². The summed E-state index contributed by atoms with van der Waals surface area (Å²) in [6.07, 6.45) is 0. The Morgan fingerprint density at radius 1 is 0.968 bits per heavy atom. The molecular weight excluding hydrogens is 396 g/mol. The number of amides is 1. The third-order valence-corrected chi connectivity index (χ3v) is 4.86. The Hall–Kier alpha value is -3.87. The highest BCUT2D eigenvalue weighted by atomic mass is 16.5. The molecule has 31 heavy (non-hydrogen) atoms. The van der Waals surface area contributed by atoms with Crippen LogP contribution in [0.5, 0.6) is 5.75 Å². The monoisotopic (exact) mass is 420 g/mol. The average molecular weight is 420 g/mol. The summed E-state index contributed by atoms with van der Waals surface area (Å²) in [4.78, 5) is 36.7. The number of nitrogens with one attached hydrogen (secondary N) is 1. The second-order valence-corrected chi connectivity index (χ2v) is 6.95. The number of nitrogens with zero attached hydrogens (tertiary/aromatic N) is 1. The number of rotatable bonds is 8. The van der Waals surface area contributed by atoms with Gasteiger partial charge in [-0.25, -0.2) is 0 Å². The number of para-hydroxylation sites is 1. The van der Waals surface area contributed by atoms with Crippen LogP contribution in [0.3, 0.4) is 0 Å².